The van der Waals surface area contributed by atoms with Crippen LogP contribution in [0.5, 0.6) is 0 Å². The van der Waals surface area contributed by atoms with E-state index < -0.39 is 28.0 Å². The van der Waals surface area contributed by atoms with Crippen molar-refractivity contribution < 1.29 is 18.7 Å². The largest absolute Gasteiger partial charge is 0.355 e. The van der Waals surface area contributed by atoms with Gasteiger partial charge in [0.1, 0.15) is 5.56 Å². The third-order valence-electron chi connectivity index (χ3n) is 4.92. The summed E-state index contributed by atoms with van der Waals surface area (Å²) in [6, 6.07) is 10.6. The van der Waals surface area contributed by atoms with Crippen LogP contribution >= 0.6 is 10.6 Å². The van der Waals surface area contributed by atoms with Gasteiger partial charge in [0.15, 0.2) is 0 Å². The van der Waals surface area contributed by atoms with Crippen molar-refractivity contribution in [1.82, 2.24) is 15.2 Å². The maximum absolute atomic E-state index is 12.7. The molecule has 29 heavy (non-hydrogen) atoms. The SMILES string of the molecule is CNC(=O)c1cc(C(=O)NCC2CCS(O)(O)C2)cn(Cc2ccccc2)c1=O. The Kier molecular flexibility index (Phi) is 6.41. The van der Waals surface area contributed by atoms with Crippen LogP contribution in [0.25, 0.3) is 0 Å². The van der Waals surface area contributed by atoms with Gasteiger partial charge in [-0.15, -0.1) is 0 Å². The lowest BCUT2D eigenvalue weighted by Gasteiger charge is -2.26. The van der Waals surface area contributed by atoms with Gasteiger partial charge in [-0.1, -0.05) is 30.3 Å². The highest BCUT2D eigenvalue weighted by atomic mass is 32.3. The Labute approximate surface area is 170 Å². The first kappa shape index (κ1) is 21.1. The summed E-state index contributed by atoms with van der Waals surface area (Å²) in [5, 5.41) is 5.21. The van der Waals surface area contributed by atoms with E-state index in [1.54, 1.807) is 0 Å². The van der Waals surface area contributed by atoms with E-state index in [0.717, 1.165) is 5.56 Å². The highest BCUT2D eigenvalue weighted by Crippen LogP contribution is 2.48. The van der Waals surface area contributed by atoms with E-state index in [4.69, 9.17) is 0 Å². The van der Waals surface area contributed by atoms with Crippen molar-refractivity contribution >= 4 is 22.4 Å². The lowest BCUT2D eigenvalue weighted by Crippen LogP contribution is -2.35. The van der Waals surface area contributed by atoms with E-state index in [-0.39, 0.29) is 29.3 Å². The fraction of sp³-hybridized carbons (Fsp3) is 0.350. The molecule has 9 heteroatoms. The van der Waals surface area contributed by atoms with Crippen LogP contribution in [-0.4, -0.2) is 50.6 Å². The lowest BCUT2D eigenvalue weighted by molar-refractivity contribution is 0.0947. The second kappa shape index (κ2) is 8.81. The van der Waals surface area contributed by atoms with Crippen LogP contribution in [0.4, 0.5) is 0 Å². The number of amides is 2. The van der Waals surface area contributed by atoms with Gasteiger partial charge in [-0.2, -0.15) is 10.6 Å². The average Bonchev–Trinajstić information content (AvgIpc) is 3.06. The van der Waals surface area contributed by atoms with Gasteiger partial charge in [0, 0.05) is 31.3 Å². The third kappa shape index (κ3) is 5.26. The second-order valence-corrected chi connectivity index (χ2v) is 9.52. The summed E-state index contributed by atoms with van der Waals surface area (Å²) in [5.74, 6) is -0.338. The van der Waals surface area contributed by atoms with Crippen molar-refractivity contribution in [3.8, 4) is 0 Å². The Morgan fingerprint density at radius 2 is 1.93 bits per heavy atom. The summed E-state index contributed by atoms with van der Waals surface area (Å²) in [5.41, 5.74) is 0.482. The molecule has 0 spiro atoms. The predicted molar refractivity (Wildman–Crippen MR) is 113 cm³/mol. The van der Waals surface area contributed by atoms with Crippen molar-refractivity contribution in [2.24, 2.45) is 5.92 Å². The Hall–Kier alpha value is -2.62. The molecule has 1 unspecified atom stereocenters. The van der Waals surface area contributed by atoms with Crippen LogP contribution in [-0.2, 0) is 6.54 Å². The molecule has 2 heterocycles. The van der Waals surface area contributed by atoms with Crippen molar-refractivity contribution in [2.45, 2.75) is 13.0 Å². The van der Waals surface area contributed by atoms with Gasteiger partial charge in [-0.25, -0.2) is 0 Å². The van der Waals surface area contributed by atoms with Gasteiger partial charge >= 0.3 is 0 Å². The van der Waals surface area contributed by atoms with Crippen molar-refractivity contribution in [1.29, 1.82) is 0 Å². The number of hydrogen-bond donors (Lipinski definition) is 4. The number of carbonyl (C=O) groups is 2. The maximum atomic E-state index is 12.7. The fourth-order valence-corrected chi connectivity index (χ4v) is 5.27. The van der Waals surface area contributed by atoms with Crippen LogP contribution < -0.4 is 16.2 Å². The van der Waals surface area contributed by atoms with Crippen molar-refractivity contribution in [2.75, 3.05) is 25.1 Å². The molecule has 2 amide bonds. The molecule has 1 atom stereocenters. The molecule has 1 aliphatic heterocycles. The molecule has 0 radical (unpaired) electrons. The number of pyridine rings is 1. The van der Waals surface area contributed by atoms with E-state index in [1.165, 1.54) is 23.9 Å². The van der Waals surface area contributed by atoms with Crippen LogP contribution in [0, 0.1) is 5.92 Å². The topological polar surface area (TPSA) is 121 Å². The van der Waals surface area contributed by atoms with Gasteiger partial charge in [0.05, 0.1) is 12.1 Å². The molecule has 1 fully saturated rings. The number of rotatable bonds is 6. The molecular formula is C20H25N3O5S. The van der Waals surface area contributed by atoms with Crippen LogP contribution in [0.2, 0.25) is 0 Å². The predicted octanol–water partition coefficient (Wildman–Crippen LogP) is 1.76. The zero-order chi connectivity index (χ0) is 21.0. The third-order valence-corrected chi connectivity index (χ3v) is 6.82. The van der Waals surface area contributed by atoms with Crippen LogP contribution in [0.1, 0.15) is 32.7 Å². The lowest BCUT2D eigenvalue weighted by atomic mass is 10.1. The molecule has 8 nitrogen and oxygen atoms in total. The summed E-state index contributed by atoms with van der Waals surface area (Å²) in [6.07, 6.45) is 2.08. The summed E-state index contributed by atoms with van der Waals surface area (Å²) in [4.78, 5) is 37.5. The minimum absolute atomic E-state index is 0.00224. The quantitative estimate of drug-likeness (QED) is 0.569. The van der Waals surface area contributed by atoms with E-state index in [0.29, 0.717) is 18.7 Å². The number of benzene rings is 1. The smallest absolute Gasteiger partial charge is 0.263 e. The van der Waals surface area contributed by atoms with Crippen LogP contribution in [0.3, 0.4) is 0 Å². The zero-order valence-corrected chi connectivity index (χ0v) is 16.9. The van der Waals surface area contributed by atoms with Gasteiger partial charge < -0.3 is 15.2 Å². The second-order valence-electron chi connectivity index (χ2n) is 7.18. The van der Waals surface area contributed by atoms with Crippen molar-refractivity contribution in [3.05, 3.63) is 69.6 Å². The minimum Gasteiger partial charge on any atom is -0.355 e. The monoisotopic (exact) mass is 419 g/mol. The van der Waals surface area contributed by atoms with E-state index >= 15 is 0 Å². The Balaban J connectivity index is 1.83. The minimum atomic E-state index is -2.53. The molecule has 0 aliphatic carbocycles. The number of nitrogens with zero attached hydrogens (tertiary/aromatic N) is 1. The maximum Gasteiger partial charge on any atom is 0.263 e. The molecule has 0 bridgehead atoms. The number of carbonyl (C=O) groups excluding carboxylic acids is 2. The molecule has 4 N–H and O–H groups in total. The molecule has 1 saturated heterocycles. The first-order valence-corrected chi connectivity index (χ1v) is 11.2. The van der Waals surface area contributed by atoms with Gasteiger partial charge in [0.2, 0.25) is 0 Å². The van der Waals surface area contributed by atoms with Crippen LogP contribution in [0.15, 0.2) is 47.4 Å². The average molecular weight is 420 g/mol. The summed E-state index contributed by atoms with van der Waals surface area (Å²) in [6.45, 7) is 0.538. The number of hydrogen-bond acceptors (Lipinski definition) is 5. The molecule has 1 aromatic heterocycles. The highest BCUT2D eigenvalue weighted by molar-refractivity contribution is 8.24. The van der Waals surface area contributed by atoms with Gasteiger partial charge in [0.25, 0.3) is 17.4 Å². The fourth-order valence-electron chi connectivity index (χ4n) is 3.35. The first-order chi connectivity index (χ1) is 13.8. The Morgan fingerprint density at radius 1 is 1.21 bits per heavy atom. The summed E-state index contributed by atoms with van der Waals surface area (Å²) < 4.78 is 20.8. The normalized spacial score (nSPS) is 18.8. The van der Waals surface area contributed by atoms with E-state index in [9.17, 15) is 23.5 Å². The Morgan fingerprint density at radius 3 is 2.55 bits per heavy atom. The standard InChI is InChI=1S/C20H25N3O5S/c1-21-19(25)17-9-16(18(24)22-10-15-7-8-29(27,28)13-15)12-23(20(17)26)11-14-5-3-2-4-6-14/h2-6,9,12,15,27-28H,7-8,10-11,13H2,1H3,(H,21,25)(H,22,24). The molecule has 1 aliphatic rings. The molecule has 2 aromatic rings. The molecular weight excluding hydrogens is 394 g/mol. The van der Waals surface area contributed by atoms with Gasteiger partial charge in [-0.3, -0.25) is 23.5 Å². The molecule has 0 saturated carbocycles. The molecule has 1 aromatic carbocycles. The van der Waals surface area contributed by atoms with E-state index in [2.05, 4.69) is 10.6 Å². The molecule has 3 rings (SSSR count). The first-order valence-electron chi connectivity index (χ1n) is 9.31. The molecule has 156 valence electrons. The van der Waals surface area contributed by atoms with Crippen molar-refractivity contribution in [3.63, 3.8) is 0 Å². The number of aromatic nitrogens is 1. The summed E-state index contributed by atoms with van der Waals surface area (Å²) >= 11 is 0. The van der Waals surface area contributed by atoms with Gasteiger partial charge in [-0.05, 0) is 24.0 Å². The van der Waals surface area contributed by atoms with E-state index in [1.807, 2.05) is 30.3 Å². The highest BCUT2D eigenvalue weighted by Gasteiger charge is 2.28. The Bertz CT molecular complexity index is 958. The number of nitrogens with one attached hydrogen (secondary N) is 2. The zero-order valence-electron chi connectivity index (χ0n) is 16.1. The summed E-state index contributed by atoms with van der Waals surface area (Å²) in [7, 11) is -1.10.